The van der Waals surface area contributed by atoms with Crippen LogP contribution < -0.4 is 5.32 Å². The van der Waals surface area contributed by atoms with E-state index < -0.39 is 26.5 Å². The minimum Gasteiger partial charge on any atom is -0.391 e. The maximum absolute atomic E-state index is 12.9. The molecule has 0 saturated carbocycles. The quantitative estimate of drug-likeness (QED) is 0.362. The molecule has 3 aromatic rings. The van der Waals surface area contributed by atoms with Gasteiger partial charge in [-0.25, -0.2) is 15.0 Å². The lowest BCUT2D eigenvalue weighted by Gasteiger charge is -2.55. The summed E-state index contributed by atoms with van der Waals surface area (Å²) in [4.78, 5) is 26.5. The molecule has 1 aromatic carbocycles. The standard InChI is InChI=1S/C31H43N5O6Si/c1-29(2,3)43(30(4,5)6)39-17-21-24(42-43)31(7,41-22-15-11-12-16-38-22)28(40-21)36-19-34-23-25(32-18-33-26(23)36)35-27(37)20-13-9-8-10-14-20/h8-10,13-14,18-19,21-22,24,28H,11-12,15-17H2,1-7H3,(H,32,33,35,37)/t21-,22?,24-,28-,31-/m1/s1. The number of ether oxygens (including phenoxy) is 3. The number of carbonyl (C=O) groups excluding carboxylic acids is 1. The van der Waals surface area contributed by atoms with E-state index in [1.807, 2.05) is 29.7 Å². The molecule has 1 unspecified atom stereocenters. The Morgan fingerprint density at radius 2 is 1.81 bits per heavy atom. The first-order chi connectivity index (χ1) is 20.3. The number of hydrogen-bond acceptors (Lipinski definition) is 9. The summed E-state index contributed by atoms with van der Waals surface area (Å²) >= 11 is 0. The minimum atomic E-state index is -2.85. The molecule has 3 fully saturated rings. The molecule has 0 bridgehead atoms. The summed E-state index contributed by atoms with van der Waals surface area (Å²) in [6.45, 7) is 16.3. The highest BCUT2D eigenvalue weighted by molar-refractivity contribution is 6.73. The summed E-state index contributed by atoms with van der Waals surface area (Å²) in [5.74, 6) is 0.0369. The molecule has 1 amide bonds. The van der Waals surface area contributed by atoms with Crippen LogP contribution in [0.3, 0.4) is 0 Å². The first-order valence-electron chi connectivity index (χ1n) is 15.1. The fourth-order valence-electron chi connectivity index (χ4n) is 6.96. The van der Waals surface area contributed by atoms with Crippen molar-refractivity contribution in [1.29, 1.82) is 0 Å². The van der Waals surface area contributed by atoms with E-state index in [4.69, 9.17) is 23.1 Å². The minimum absolute atomic E-state index is 0.211. The van der Waals surface area contributed by atoms with Gasteiger partial charge < -0.3 is 28.4 Å². The number of nitrogens with one attached hydrogen (secondary N) is 1. The second kappa shape index (κ2) is 11.0. The van der Waals surface area contributed by atoms with Gasteiger partial charge in [0, 0.05) is 22.2 Å². The highest BCUT2D eigenvalue weighted by Crippen LogP contribution is 2.58. The lowest BCUT2D eigenvalue weighted by atomic mass is 9.95. The van der Waals surface area contributed by atoms with Crippen LogP contribution in [0.1, 0.15) is 84.3 Å². The van der Waals surface area contributed by atoms with Gasteiger partial charge in [0.15, 0.2) is 29.5 Å². The van der Waals surface area contributed by atoms with Crippen LogP contribution in [-0.2, 0) is 23.1 Å². The predicted octanol–water partition coefficient (Wildman–Crippen LogP) is 5.74. The van der Waals surface area contributed by atoms with E-state index in [1.165, 1.54) is 6.33 Å². The van der Waals surface area contributed by atoms with E-state index in [9.17, 15) is 4.79 Å². The molecule has 232 valence electrons. The van der Waals surface area contributed by atoms with Crippen molar-refractivity contribution in [3.63, 3.8) is 0 Å². The monoisotopic (exact) mass is 609 g/mol. The summed E-state index contributed by atoms with van der Waals surface area (Å²) in [5.41, 5.74) is 0.522. The Labute approximate surface area is 253 Å². The van der Waals surface area contributed by atoms with Crippen LogP contribution in [-0.4, -0.2) is 71.3 Å². The van der Waals surface area contributed by atoms with E-state index in [0.29, 0.717) is 35.8 Å². The first-order valence-corrected chi connectivity index (χ1v) is 17.0. The van der Waals surface area contributed by atoms with E-state index in [1.54, 1.807) is 18.5 Å². The van der Waals surface area contributed by atoms with E-state index in [-0.39, 0.29) is 28.4 Å². The number of nitrogens with zero attached hydrogens (tertiary/aromatic N) is 4. The van der Waals surface area contributed by atoms with E-state index >= 15 is 0 Å². The molecular weight excluding hydrogens is 566 g/mol. The zero-order chi connectivity index (χ0) is 30.6. The topological polar surface area (TPSA) is 119 Å². The third kappa shape index (κ3) is 5.21. The van der Waals surface area contributed by atoms with Crippen molar-refractivity contribution in [1.82, 2.24) is 19.5 Å². The lowest BCUT2D eigenvalue weighted by molar-refractivity contribution is -0.256. The Morgan fingerprint density at radius 3 is 2.49 bits per heavy atom. The Kier molecular flexibility index (Phi) is 7.75. The molecule has 3 aliphatic rings. The molecule has 1 N–H and O–H groups in total. The zero-order valence-corrected chi connectivity index (χ0v) is 27.1. The molecule has 2 aromatic heterocycles. The summed E-state index contributed by atoms with van der Waals surface area (Å²) in [6.07, 6.45) is 4.08. The SMILES string of the molecule is CC(C)(C)[Si]1(C(C)(C)C)OC[C@H]2O[C@@H](n3cnc4c(NC(=O)c5ccccc5)ncnc43)[C@](C)(OC3CCCCO3)[C@@H]2O1. The number of amides is 1. The van der Waals surface area contributed by atoms with Gasteiger partial charge in [0.25, 0.3) is 5.91 Å². The van der Waals surface area contributed by atoms with Gasteiger partial charge in [-0.1, -0.05) is 59.7 Å². The van der Waals surface area contributed by atoms with Crippen molar-refractivity contribution in [2.45, 2.75) is 108 Å². The molecule has 0 radical (unpaired) electrons. The number of hydrogen-bond donors (Lipinski definition) is 1. The van der Waals surface area contributed by atoms with E-state index in [2.05, 4.69) is 61.8 Å². The van der Waals surface area contributed by atoms with E-state index in [0.717, 1.165) is 19.3 Å². The summed E-state index contributed by atoms with van der Waals surface area (Å²) in [7, 11) is -2.85. The molecule has 3 saturated heterocycles. The van der Waals surface area contributed by atoms with Crippen LogP contribution in [0, 0.1) is 0 Å². The molecular formula is C31H43N5O6Si. The normalized spacial score (nSPS) is 29.4. The Bertz CT molecular complexity index is 1450. The van der Waals surface area contributed by atoms with Crippen LogP contribution in [0.5, 0.6) is 0 Å². The van der Waals surface area contributed by atoms with Gasteiger partial charge in [0.2, 0.25) is 0 Å². The van der Waals surface area contributed by atoms with Gasteiger partial charge in [0.1, 0.15) is 24.1 Å². The van der Waals surface area contributed by atoms with Gasteiger partial charge in [-0.15, -0.1) is 0 Å². The van der Waals surface area contributed by atoms with Crippen molar-refractivity contribution in [3.8, 4) is 0 Å². The Hall–Kier alpha value is -2.74. The van der Waals surface area contributed by atoms with Gasteiger partial charge in [-0.3, -0.25) is 9.36 Å². The Balaban J connectivity index is 1.39. The number of imidazole rings is 1. The van der Waals surface area contributed by atoms with Crippen molar-refractivity contribution < 1.29 is 27.9 Å². The smallest absolute Gasteiger partial charge is 0.349 e. The predicted molar refractivity (Wildman–Crippen MR) is 163 cm³/mol. The second-order valence-electron chi connectivity index (χ2n) is 14.0. The van der Waals surface area contributed by atoms with Crippen molar-refractivity contribution >= 4 is 31.4 Å². The number of carbonyl (C=O) groups is 1. The molecule has 5 heterocycles. The molecule has 0 spiro atoms. The van der Waals surface area contributed by atoms with Crippen LogP contribution in [0.25, 0.3) is 11.2 Å². The maximum atomic E-state index is 12.9. The van der Waals surface area contributed by atoms with Gasteiger partial charge >= 0.3 is 8.56 Å². The van der Waals surface area contributed by atoms with Gasteiger partial charge in [-0.2, -0.15) is 0 Å². The van der Waals surface area contributed by atoms with Gasteiger partial charge in [0.05, 0.1) is 12.9 Å². The summed E-state index contributed by atoms with van der Waals surface area (Å²) in [6, 6.07) is 8.99. The molecule has 12 heteroatoms. The van der Waals surface area contributed by atoms with Crippen molar-refractivity contribution in [2.75, 3.05) is 18.5 Å². The molecule has 5 atom stereocenters. The third-order valence-corrected chi connectivity index (χ3v) is 13.9. The molecule has 11 nitrogen and oxygen atoms in total. The van der Waals surface area contributed by atoms with Gasteiger partial charge in [-0.05, 0) is 38.3 Å². The van der Waals surface area contributed by atoms with Crippen LogP contribution in [0.15, 0.2) is 43.0 Å². The average Bonchev–Trinajstić information content (AvgIpc) is 3.51. The number of anilines is 1. The fourth-order valence-corrected chi connectivity index (χ4v) is 12.0. The largest absolute Gasteiger partial charge is 0.391 e. The fraction of sp³-hybridized carbons (Fsp3) is 0.613. The number of rotatable bonds is 5. The molecule has 3 aliphatic heterocycles. The maximum Gasteiger partial charge on any atom is 0.349 e. The van der Waals surface area contributed by atoms with Crippen LogP contribution >= 0.6 is 0 Å². The highest BCUT2D eigenvalue weighted by atomic mass is 28.4. The van der Waals surface area contributed by atoms with Crippen LogP contribution in [0.4, 0.5) is 5.82 Å². The molecule has 6 rings (SSSR count). The summed E-state index contributed by atoms with van der Waals surface area (Å²) in [5, 5.41) is 2.47. The summed E-state index contributed by atoms with van der Waals surface area (Å²) < 4.78 is 35.6. The molecule has 0 aliphatic carbocycles. The van der Waals surface area contributed by atoms with Crippen molar-refractivity contribution in [2.24, 2.45) is 0 Å². The second-order valence-corrected chi connectivity index (χ2v) is 18.7. The molecule has 43 heavy (non-hydrogen) atoms. The lowest BCUT2D eigenvalue weighted by Crippen LogP contribution is -2.67. The van der Waals surface area contributed by atoms with Crippen LogP contribution in [0.2, 0.25) is 10.1 Å². The highest BCUT2D eigenvalue weighted by Gasteiger charge is 2.68. The first kappa shape index (κ1) is 30.3. The number of fused-ring (bicyclic) bond motifs is 2. The average molecular weight is 610 g/mol. The Morgan fingerprint density at radius 1 is 1.07 bits per heavy atom. The third-order valence-electron chi connectivity index (χ3n) is 8.82. The van der Waals surface area contributed by atoms with Crippen molar-refractivity contribution in [3.05, 3.63) is 48.5 Å². The number of benzene rings is 1. The zero-order valence-electron chi connectivity index (χ0n) is 26.1. The number of aromatic nitrogens is 4.